The number of rotatable bonds is 7. The first-order chi connectivity index (χ1) is 9.13. The monoisotopic (exact) mass is 268 g/mol. The fourth-order valence-electron chi connectivity index (χ4n) is 3.36. The largest absolute Gasteiger partial charge is 0.353 e. The zero-order valence-electron chi connectivity index (χ0n) is 13.0. The van der Waals surface area contributed by atoms with Crippen LogP contribution in [0.2, 0.25) is 0 Å². The van der Waals surface area contributed by atoms with Gasteiger partial charge in [-0.25, -0.2) is 0 Å². The van der Waals surface area contributed by atoms with E-state index in [1.54, 1.807) is 0 Å². The fraction of sp³-hybridized carbons (Fsp3) is 0.938. The second kappa shape index (κ2) is 7.88. The lowest BCUT2D eigenvalue weighted by molar-refractivity contribution is -0.132. The van der Waals surface area contributed by atoms with Gasteiger partial charge in [0.15, 0.2) is 0 Å². The van der Waals surface area contributed by atoms with Crippen LogP contribution in [0.1, 0.15) is 72.1 Å². The molecule has 0 heterocycles. The van der Waals surface area contributed by atoms with Gasteiger partial charge in [-0.15, -0.1) is 0 Å². The molecular weight excluding hydrogens is 236 g/mol. The summed E-state index contributed by atoms with van der Waals surface area (Å²) in [7, 11) is 0. The van der Waals surface area contributed by atoms with Crippen LogP contribution in [0.15, 0.2) is 0 Å². The van der Waals surface area contributed by atoms with Crippen molar-refractivity contribution in [3.05, 3.63) is 0 Å². The Kier molecular flexibility index (Phi) is 6.84. The van der Waals surface area contributed by atoms with Crippen LogP contribution in [0.25, 0.3) is 0 Å². The lowest BCUT2D eigenvalue weighted by Gasteiger charge is -2.35. The molecule has 1 amide bonds. The predicted octanol–water partition coefficient (Wildman–Crippen LogP) is 3.23. The predicted molar refractivity (Wildman–Crippen MR) is 80.9 cm³/mol. The van der Waals surface area contributed by atoms with Gasteiger partial charge in [-0.3, -0.25) is 4.79 Å². The summed E-state index contributed by atoms with van der Waals surface area (Å²) in [6, 6.07) is 0.344. The molecule has 0 aromatic heterocycles. The number of carbonyl (C=O) groups excluding carboxylic acids is 1. The van der Waals surface area contributed by atoms with Crippen molar-refractivity contribution < 1.29 is 4.79 Å². The van der Waals surface area contributed by atoms with E-state index in [1.165, 1.54) is 32.1 Å². The van der Waals surface area contributed by atoms with Crippen LogP contribution in [-0.4, -0.2) is 18.5 Å². The molecule has 3 heteroatoms. The molecule has 112 valence electrons. The number of amides is 1. The Labute approximate surface area is 118 Å². The first kappa shape index (κ1) is 16.5. The normalized spacial score (nSPS) is 19.2. The summed E-state index contributed by atoms with van der Waals surface area (Å²) in [5, 5.41) is 3.31. The average molecular weight is 268 g/mol. The van der Waals surface area contributed by atoms with E-state index in [4.69, 9.17) is 5.73 Å². The topological polar surface area (TPSA) is 55.1 Å². The molecule has 1 saturated carbocycles. The molecule has 1 fully saturated rings. The Morgan fingerprint density at radius 1 is 1.21 bits per heavy atom. The highest BCUT2D eigenvalue weighted by atomic mass is 16.2. The Morgan fingerprint density at radius 2 is 1.79 bits per heavy atom. The van der Waals surface area contributed by atoms with Crippen molar-refractivity contribution in [3.8, 4) is 0 Å². The van der Waals surface area contributed by atoms with Crippen molar-refractivity contribution in [3.63, 3.8) is 0 Å². The number of nitrogens with two attached hydrogens (primary N) is 1. The Bertz CT molecular complexity index is 260. The summed E-state index contributed by atoms with van der Waals surface area (Å²) in [4.78, 5) is 12.6. The molecule has 0 saturated heterocycles. The molecule has 1 aliphatic rings. The second-order valence-corrected chi connectivity index (χ2v) is 6.08. The van der Waals surface area contributed by atoms with Crippen LogP contribution in [-0.2, 0) is 4.79 Å². The lowest BCUT2D eigenvalue weighted by atomic mass is 9.79. The number of carbonyl (C=O) groups is 1. The Hall–Kier alpha value is -0.570. The lowest BCUT2D eigenvalue weighted by Crippen LogP contribution is -2.50. The number of hydrogen-bond acceptors (Lipinski definition) is 2. The minimum absolute atomic E-state index is 0.178. The molecule has 0 aromatic carbocycles. The highest BCUT2D eigenvalue weighted by Gasteiger charge is 2.35. The van der Waals surface area contributed by atoms with Crippen LogP contribution < -0.4 is 11.1 Å². The standard InChI is InChI=1S/C16H32N2O/c1-4-14(13-10-8-7-9-11-13)18-15(19)16(5-2,6-3)12-17/h13-14H,4-12,17H2,1-3H3,(H,18,19). The molecular formula is C16H32N2O. The maximum absolute atomic E-state index is 12.6. The molecule has 1 unspecified atom stereocenters. The zero-order chi connectivity index (χ0) is 14.3. The van der Waals surface area contributed by atoms with Gasteiger partial charge in [0.05, 0.1) is 5.41 Å². The quantitative estimate of drug-likeness (QED) is 0.745. The Balaban J connectivity index is 2.65. The van der Waals surface area contributed by atoms with Crippen molar-refractivity contribution in [1.29, 1.82) is 0 Å². The van der Waals surface area contributed by atoms with Gasteiger partial charge >= 0.3 is 0 Å². The molecule has 1 aliphatic carbocycles. The molecule has 0 aliphatic heterocycles. The van der Waals surface area contributed by atoms with E-state index in [-0.39, 0.29) is 11.3 Å². The van der Waals surface area contributed by atoms with E-state index < -0.39 is 0 Å². The summed E-state index contributed by atoms with van der Waals surface area (Å²) in [5.41, 5.74) is 5.51. The SMILES string of the molecule is CCC(NC(=O)C(CC)(CC)CN)C1CCCCC1. The molecule has 0 radical (unpaired) electrons. The minimum Gasteiger partial charge on any atom is -0.353 e. The van der Waals surface area contributed by atoms with Crippen LogP contribution in [0.5, 0.6) is 0 Å². The van der Waals surface area contributed by atoms with Crippen molar-refractivity contribution in [1.82, 2.24) is 5.32 Å². The van der Waals surface area contributed by atoms with Gasteiger partial charge < -0.3 is 11.1 Å². The third-order valence-corrected chi connectivity index (χ3v) is 5.20. The fourth-order valence-corrected chi connectivity index (χ4v) is 3.36. The first-order valence-corrected chi connectivity index (χ1v) is 8.14. The third kappa shape index (κ3) is 3.95. The first-order valence-electron chi connectivity index (χ1n) is 8.14. The highest BCUT2D eigenvalue weighted by molar-refractivity contribution is 5.83. The van der Waals surface area contributed by atoms with Crippen LogP contribution in [0, 0.1) is 11.3 Å². The van der Waals surface area contributed by atoms with Crippen molar-refractivity contribution in [2.24, 2.45) is 17.1 Å². The molecule has 0 aromatic rings. The van der Waals surface area contributed by atoms with Crippen molar-refractivity contribution >= 4 is 5.91 Å². The zero-order valence-corrected chi connectivity index (χ0v) is 13.0. The van der Waals surface area contributed by atoms with E-state index >= 15 is 0 Å². The van der Waals surface area contributed by atoms with E-state index in [1.807, 2.05) is 0 Å². The molecule has 0 spiro atoms. The van der Waals surface area contributed by atoms with Gasteiger partial charge in [0, 0.05) is 12.6 Å². The van der Waals surface area contributed by atoms with Crippen LogP contribution in [0.3, 0.4) is 0 Å². The maximum atomic E-state index is 12.6. The second-order valence-electron chi connectivity index (χ2n) is 6.08. The van der Waals surface area contributed by atoms with Gasteiger partial charge in [-0.2, -0.15) is 0 Å². The average Bonchev–Trinajstić information content (AvgIpc) is 2.48. The van der Waals surface area contributed by atoms with E-state index in [0.717, 1.165) is 19.3 Å². The summed E-state index contributed by atoms with van der Waals surface area (Å²) in [6.45, 7) is 6.77. The highest BCUT2D eigenvalue weighted by Crippen LogP contribution is 2.30. The summed E-state index contributed by atoms with van der Waals surface area (Å²) >= 11 is 0. The summed E-state index contributed by atoms with van der Waals surface area (Å²) < 4.78 is 0. The van der Waals surface area contributed by atoms with Crippen LogP contribution >= 0.6 is 0 Å². The molecule has 1 rings (SSSR count). The van der Waals surface area contributed by atoms with E-state index in [9.17, 15) is 4.79 Å². The summed E-state index contributed by atoms with van der Waals surface area (Å²) in [6.07, 6.45) is 9.22. The molecule has 0 bridgehead atoms. The van der Waals surface area contributed by atoms with Gasteiger partial charge in [0.25, 0.3) is 0 Å². The van der Waals surface area contributed by atoms with E-state index in [2.05, 4.69) is 26.1 Å². The maximum Gasteiger partial charge on any atom is 0.227 e. The van der Waals surface area contributed by atoms with Crippen LogP contribution in [0.4, 0.5) is 0 Å². The number of hydrogen-bond donors (Lipinski definition) is 2. The molecule has 19 heavy (non-hydrogen) atoms. The van der Waals surface area contributed by atoms with Crippen molar-refractivity contribution in [2.75, 3.05) is 6.54 Å². The van der Waals surface area contributed by atoms with Gasteiger partial charge in [0.2, 0.25) is 5.91 Å². The summed E-state index contributed by atoms with van der Waals surface area (Å²) in [5.74, 6) is 0.851. The van der Waals surface area contributed by atoms with Gasteiger partial charge in [-0.1, -0.05) is 40.0 Å². The minimum atomic E-state index is -0.359. The number of nitrogens with one attached hydrogen (secondary N) is 1. The van der Waals surface area contributed by atoms with Gasteiger partial charge in [-0.05, 0) is 38.0 Å². The smallest absolute Gasteiger partial charge is 0.227 e. The molecule has 3 nitrogen and oxygen atoms in total. The Morgan fingerprint density at radius 3 is 2.21 bits per heavy atom. The van der Waals surface area contributed by atoms with E-state index in [0.29, 0.717) is 18.5 Å². The van der Waals surface area contributed by atoms with Gasteiger partial charge in [0.1, 0.15) is 0 Å². The third-order valence-electron chi connectivity index (χ3n) is 5.20. The molecule has 3 N–H and O–H groups in total. The van der Waals surface area contributed by atoms with Crippen molar-refractivity contribution in [2.45, 2.75) is 78.2 Å². The molecule has 1 atom stereocenters.